The predicted octanol–water partition coefficient (Wildman–Crippen LogP) is 2.43. The molecule has 1 aromatic heterocycles. The predicted molar refractivity (Wildman–Crippen MR) is 74.3 cm³/mol. The fourth-order valence-electron chi connectivity index (χ4n) is 1.89. The van der Waals surface area contributed by atoms with Gasteiger partial charge < -0.3 is 9.67 Å². The van der Waals surface area contributed by atoms with Gasteiger partial charge in [0.25, 0.3) is 5.56 Å². The number of aromatic nitrogens is 2. The Balaban J connectivity index is 1.85. The molecule has 0 radical (unpaired) electrons. The third-order valence-corrected chi connectivity index (χ3v) is 4.07. The van der Waals surface area contributed by atoms with Crippen molar-refractivity contribution in [1.82, 2.24) is 9.55 Å². The van der Waals surface area contributed by atoms with Crippen molar-refractivity contribution in [2.45, 2.75) is 28.8 Å². The number of benzene rings is 1. The molecule has 0 amide bonds. The van der Waals surface area contributed by atoms with Gasteiger partial charge in [-0.25, -0.2) is 9.78 Å². The second-order valence-corrected chi connectivity index (χ2v) is 5.67. The van der Waals surface area contributed by atoms with Gasteiger partial charge >= 0.3 is 5.97 Å². The van der Waals surface area contributed by atoms with Crippen molar-refractivity contribution >= 4 is 17.7 Å². The van der Waals surface area contributed by atoms with Crippen LogP contribution in [-0.4, -0.2) is 20.6 Å². The molecule has 0 atom stereocenters. The van der Waals surface area contributed by atoms with E-state index in [2.05, 4.69) is 4.98 Å². The molecule has 6 heteroatoms. The largest absolute Gasteiger partial charge is 0.478 e. The molecule has 1 aromatic carbocycles. The maximum atomic E-state index is 12.2. The zero-order valence-corrected chi connectivity index (χ0v) is 11.3. The van der Waals surface area contributed by atoms with Crippen LogP contribution in [0.3, 0.4) is 0 Å². The number of nitrogens with zero attached hydrogens (tertiary/aromatic N) is 2. The minimum atomic E-state index is -0.963. The van der Waals surface area contributed by atoms with E-state index in [1.165, 1.54) is 23.9 Å². The van der Waals surface area contributed by atoms with Crippen LogP contribution >= 0.6 is 11.8 Å². The Bertz CT molecular complexity index is 705. The van der Waals surface area contributed by atoms with E-state index in [-0.39, 0.29) is 11.1 Å². The van der Waals surface area contributed by atoms with Crippen molar-refractivity contribution in [1.29, 1.82) is 0 Å². The lowest BCUT2D eigenvalue weighted by Crippen LogP contribution is -2.20. The molecule has 1 N–H and O–H groups in total. The van der Waals surface area contributed by atoms with Crippen LogP contribution in [0.1, 0.15) is 29.2 Å². The zero-order chi connectivity index (χ0) is 14.1. The van der Waals surface area contributed by atoms with E-state index in [1.54, 1.807) is 29.1 Å². The molecule has 102 valence electrons. The Hall–Kier alpha value is -2.08. The Morgan fingerprint density at radius 2 is 2.00 bits per heavy atom. The van der Waals surface area contributed by atoms with Gasteiger partial charge in [-0.3, -0.25) is 4.79 Å². The first-order chi connectivity index (χ1) is 9.65. The van der Waals surface area contributed by atoms with Gasteiger partial charge in [-0.05, 0) is 37.1 Å². The first-order valence-electron chi connectivity index (χ1n) is 6.23. The Morgan fingerprint density at radius 3 is 2.60 bits per heavy atom. The van der Waals surface area contributed by atoms with Crippen LogP contribution in [0.5, 0.6) is 0 Å². The van der Waals surface area contributed by atoms with Crippen LogP contribution in [-0.2, 0) is 0 Å². The van der Waals surface area contributed by atoms with Crippen LogP contribution in [0.4, 0.5) is 0 Å². The molecule has 20 heavy (non-hydrogen) atoms. The number of carbonyl (C=O) groups is 1. The van der Waals surface area contributed by atoms with Crippen molar-refractivity contribution in [2.24, 2.45) is 0 Å². The third-order valence-electron chi connectivity index (χ3n) is 3.09. The molecule has 0 aliphatic heterocycles. The Morgan fingerprint density at radius 1 is 1.30 bits per heavy atom. The minimum Gasteiger partial charge on any atom is -0.478 e. The molecule has 5 nitrogen and oxygen atoms in total. The van der Waals surface area contributed by atoms with E-state index in [0.717, 1.165) is 17.7 Å². The van der Waals surface area contributed by atoms with E-state index in [1.807, 2.05) is 0 Å². The van der Waals surface area contributed by atoms with Crippen LogP contribution in [0.2, 0.25) is 0 Å². The van der Waals surface area contributed by atoms with E-state index in [4.69, 9.17) is 5.11 Å². The van der Waals surface area contributed by atoms with Crippen molar-refractivity contribution in [3.8, 4) is 0 Å². The summed E-state index contributed by atoms with van der Waals surface area (Å²) < 4.78 is 1.72. The van der Waals surface area contributed by atoms with Gasteiger partial charge in [0.15, 0.2) is 5.03 Å². The molecule has 1 fully saturated rings. The van der Waals surface area contributed by atoms with Crippen LogP contribution in [0.25, 0.3) is 0 Å². The molecule has 3 rings (SSSR count). The number of hydrogen-bond acceptors (Lipinski definition) is 4. The fraction of sp³-hybridized carbons (Fsp3) is 0.214. The summed E-state index contributed by atoms with van der Waals surface area (Å²) in [7, 11) is 0. The van der Waals surface area contributed by atoms with Crippen LogP contribution < -0.4 is 5.56 Å². The zero-order valence-electron chi connectivity index (χ0n) is 10.5. The second-order valence-electron chi connectivity index (χ2n) is 4.61. The SMILES string of the molecule is O=C(O)c1ccc(Sc2nccn(C3CC3)c2=O)cc1. The highest BCUT2D eigenvalue weighted by atomic mass is 32.2. The average molecular weight is 288 g/mol. The molecule has 0 unspecified atom stereocenters. The van der Waals surface area contributed by atoms with E-state index < -0.39 is 5.97 Å². The van der Waals surface area contributed by atoms with Crippen LogP contribution in [0, 0.1) is 0 Å². The Labute approximate surface area is 119 Å². The lowest BCUT2D eigenvalue weighted by Gasteiger charge is -2.05. The van der Waals surface area contributed by atoms with Gasteiger partial charge in [0.05, 0.1) is 5.56 Å². The van der Waals surface area contributed by atoms with E-state index in [0.29, 0.717) is 11.1 Å². The summed E-state index contributed by atoms with van der Waals surface area (Å²) >= 11 is 1.26. The molecule has 1 saturated carbocycles. The third kappa shape index (κ3) is 2.60. The molecule has 2 aromatic rings. The van der Waals surface area contributed by atoms with Gasteiger partial charge in [0.1, 0.15) is 0 Å². The standard InChI is InChI=1S/C14H12N2O3S/c17-13-12(15-7-8-16(13)10-3-4-10)20-11-5-1-9(2-6-11)14(18)19/h1-2,5-8,10H,3-4H2,(H,18,19). The number of hydrogen-bond donors (Lipinski definition) is 1. The van der Waals surface area contributed by atoms with E-state index >= 15 is 0 Å². The topological polar surface area (TPSA) is 72.2 Å². The highest BCUT2D eigenvalue weighted by molar-refractivity contribution is 7.99. The maximum Gasteiger partial charge on any atom is 0.335 e. The van der Waals surface area contributed by atoms with E-state index in [9.17, 15) is 9.59 Å². The second kappa shape index (κ2) is 5.13. The first kappa shape index (κ1) is 12.9. The fourth-order valence-corrected chi connectivity index (χ4v) is 2.70. The van der Waals surface area contributed by atoms with Crippen LogP contribution in [0.15, 0.2) is 51.4 Å². The lowest BCUT2D eigenvalue weighted by molar-refractivity contribution is 0.0697. The Kier molecular flexibility index (Phi) is 3.31. The molecule has 0 spiro atoms. The number of aromatic carboxylic acids is 1. The van der Waals surface area contributed by atoms with Gasteiger partial charge in [0, 0.05) is 23.3 Å². The van der Waals surface area contributed by atoms with Gasteiger partial charge in [0.2, 0.25) is 0 Å². The normalized spacial score (nSPS) is 14.2. The summed E-state index contributed by atoms with van der Waals surface area (Å²) in [4.78, 5) is 27.9. The van der Waals surface area contributed by atoms with Crippen molar-refractivity contribution in [3.63, 3.8) is 0 Å². The van der Waals surface area contributed by atoms with Crippen molar-refractivity contribution in [3.05, 3.63) is 52.6 Å². The molecule has 0 bridgehead atoms. The summed E-state index contributed by atoms with van der Waals surface area (Å²) in [5, 5.41) is 9.26. The molecule has 1 aliphatic rings. The first-order valence-corrected chi connectivity index (χ1v) is 7.05. The molecular weight excluding hydrogens is 276 g/mol. The summed E-state index contributed by atoms with van der Waals surface area (Å²) in [6.45, 7) is 0. The summed E-state index contributed by atoms with van der Waals surface area (Å²) in [6.07, 6.45) is 5.44. The summed E-state index contributed by atoms with van der Waals surface area (Å²) in [6, 6.07) is 6.73. The molecule has 0 saturated heterocycles. The number of rotatable bonds is 4. The highest BCUT2D eigenvalue weighted by Gasteiger charge is 2.25. The molecular formula is C14H12N2O3S. The summed E-state index contributed by atoms with van der Waals surface area (Å²) in [5.41, 5.74) is 0.146. The number of carboxylic acids is 1. The molecule has 1 heterocycles. The lowest BCUT2D eigenvalue weighted by atomic mass is 10.2. The quantitative estimate of drug-likeness (QED) is 0.935. The van der Waals surface area contributed by atoms with Gasteiger partial charge in [-0.1, -0.05) is 11.8 Å². The van der Waals surface area contributed by atoms with Crippen molar-refractivity contribution in [2.75, 3.05) is 0 Å². The maximum absolute atomic E-state index is 12.2. The smallest absolute Gasteiger partial charge is 0.335 e. The monoisotopic (exact) mass is 288 g/mol. The van der Waals surface area contributed by atoms with Gasteiger partial charge in [-0.15, -0.1) is 0 Å². The molecule has 1 aliphatic carbocycles. The number of carboxylic acid groups (broad SMARTS) is 1. The van der Waals surface area contributed by atoms with Crippen molar-refractivity contribution < 1.29 is 9.90 Å². The highest BCUT2D eigenvalue weighted by Crippen LogP contribution is 2.33. The summed E-state index contributed by atoms with van der Waals surface area (Å²) in [5.74, 6) is -0.963. The average Bonchev–Trinajstić information content (AvgIpc) is 3.26. The minimum absolute atomic E-state index is 0.0812. The van der Waals surface area contributed by atoms with Gasteiger partial charge in [-0.2, -0.15) is 0 Å².